The van der Waals surface area contributed by atoms with Crippen molar-refractivity contribution in [1.82, 2.24) is 5.32 Å². The summed E-state index contributed by atoms with van der Waals surface area (Å²) in [5.41, 5.74) is 0.581. The third-order valence-electron chi connectivity index (χ3n) is 4.64. The Morgan fingerprint density at radius 3 is 2.33 bits per heavy atom. The average Bonchev–Trinajstić information content (AvgIpc) is 3.06. The predicted octanol–water partition coefficient (Wildman–Crippen LogP) is 3.05. The molecule has 2 rings (SSSR count). The topological polar surface area (TPSA) is 49.3 Å². The minimum atomic E-state index is -0.605. The molecule has 2 N–H and O–H groups in total. The number of nitrogens with one attached hydrogen (secondary N) is 1. The molecule has 0 saturated heterocycles. The lowest BCUT2D eigenvalue weighted by Crippen LogP contribution is -2.38. The molecular weight excluding hydrogens is 226 g/mol. The van der Waals surface area contributed by atoms with Gasteiger partial charge in [-0.05, 0) is 56.3 Å². The van der Waals surface area contributed by atoms with E-state index in [9.17, 15) is 4.79 Å². The highest BCUT2D eigenvalue weighted by molar-refractivity contribution is 5.70. The Hall–Kier alpha value is -0.570. The largest absolute Gasteiger partial charge is 0.481 e. The van der Waals surface area contributed by atoms with Crippen molar-refractivity contribution in [2.24, 2.45) is 17.3 Å². The van der Waals surface area contributed by atoms with E-state index in [1.165, 1.54) is 19.3 Å². The molecule has 0 aromatic carbocycles. The molecule has 0 heterocycles. The lowest BCUT2D eigenvalue weighted by Gasteiger charge is -2.29. The van der Waals surface area contributed by atoms with Crippen LogP contribution in [0, 0.1) is 17.3 Å². The maximum atomic E-state index is 10.9. The van der Waals surface area contributed by atoms with Gasteiger partial charge in [-0.1, -0.05) is 13.8 Å². The lowest BCUT2D eigenvalue weighted by molar-refractivity contribution is -0.142. The first-order valence-corrected chi connectivity index (χ1v) is 7.47. The minimum Gasteiger partial charge on any atom is -0.481 e. The number of rotatable bonds is 6. The second kappa shape index (κ2) is 5.60. The first-order valence-electron chi connectivity index (χ1n) is 7.47. The van der Waals surface area contributed by atoms with Crippen LogP contribution in [-0.4, -0.2) is 23.7 Å². The molecule has 0 amide bonds. The molecule has 18 heavy (non-hydrogen) atoms. The van der Waals surface area contributed by atoms with Gasteiger partial charge in [0.15, 0.2) is 0 Å². The summed E-state index contributed by atoms with van der Waals surface area (Å²) in [6, 6.07) is 0.560. The lowest BCUT2D eigenvalue weighted by atomic mass is 9.85. The van der Waals surface area contributed by atoms with Gasteiger partial charge in [0.1, 0.15) is 0 Å². The molecule has 2 aliphatic rings. The van der Waals surface area contributed by atoms with E-state index in [-0.39, 0.29) is 5.92 Å². The Balaban J connectivity index is 1.68. The van der Waals surface area contributed by atoms with Crippen molar-refractivity contribution in [3.8, 4) is 0 Å². The Bertz CT molecular complexity index is 289. The number of hydrogen-bond acceptors (Lipinski definition) is 2. The molecule has 3 nitrogen and oxygen atoms in total. The molecule has 2 fully saturated rings. The molecule has 0 radical (unpaired) electrons. The van der Waals surface area contributed by atoms with Crippen molar-refractivity contribution in [2.45, 2.75) is 64.8 Å². The zero-order valence-corrected chi connectivity index (χ0v) is 11.7. The molecule has 0 unspecified atom stereocenters. The van der Waals surface area contributed by atoms with E-state index >= 15 is 0 Å². The van der Waals surface area contributed by atoms with E-state index in [1.54, 1.807) is 0 Å². The van der Waals surface area contributed by atoms with Crippen LogP contribution in [-0.2, 0) is 4.79 Å². The van der Waals surface area contributed by atoms with Crippen LogP contribution in [0.5, 0.6) is 0 Å². The zero-order valence-electron chi connectivity index (χ0n) is 11.7. The highest BCUT2D eigenvalue weighted by atomic mass is 16.4. The fraction of sp³-hybridized carbons (Fsp3) is 0.933. The van der Waals surface area contributed by atoms with Crippen molar-refractivity contribution in [2.75, 3.05) is 6.54 Å². The Kier molecular flexibility index (Phi) is 4.31. The van der Waals surface area contributed by atoms with Crippen molar-refractivity contribution >= 4 is 5.97 Å². The number of carbonyl (C=O) groups is 1. The van der Waals surface area contributed by atoms with E-state index in [1.807, 2.05) is 0 Å². The maximum absolute atomic E-state index is 10.9. The normalized spacial score (nSPS) is 30.4. The van der Waals surface area contributed by atoms with Crippen molar-refractivity contribution in [3.63, 3.8) is 0 Å². The Morgan fingerprint density at radius 2 is 1.89 bits per heavy atom. The molecule has 0 aromatic rings. The first kappa shape index (κ1) is 13.9. The summed E-state index contributed by atoms with van der Waals surface area (Å²) in [6.07, 6.45) is 7.87. The minimum absolute atomic E-state index is 0.0893. The Morgan fingerprint density at radius 1 is 1.28 bits per heavy atom. The SMILES string of the molecule is CC(C)CC1(CNC2CCC(C(=O)O)CC2)CC1. The van der Waals surface area contributed by atoms with Crippen LogP contribution in [0.1, 0.15) is 58.8 Å². The third kappa shape index (κ3) is 3.71. The molecule has 2 aliphatic carbocycles. The molecule has 0 aromatic heterocycles. The van der Waals surface area contributed by atoms with Crippen LogP contribution >= 0.6 is 0 Å². The molecule has 0 spiro atoms. The second-order valence-corrected chi connectivity index (χ2v) is 6.87. The van der Waals surface area contributed by atoms with Crippen molar-refractivity contribution < 1.29 is 9.90 Å². The molecular formula is C15H27NO2. The first-order chi connectivity index (χ1) is 8.51. The Labute approximate surface area is 110 Å². The van der Waals surface area contributed by atoms with Crippen molar-refractivity contribution in [3.05, 3.63) is 0 Å². The standard InChI is InChI=1S/C15H27NO2/c1-11(2)9-15(7-8-15)10-16-13-5-3-12(4-6-13)14(17)18/h11-13,16H,3-10H2,1-2H3,(H,17,18). The highest BCUT2D eigenvalue weighted by Crippen LogP contribution is 2.50. The summed E-state index contributed by atoms with van der Waals surface area (Å²) in [5, 5.41) is 12.7. The monoisotopic (exact) mass is 253 g/mol. The van der Waals surface area contributed by atoms with Gasteiger partial charge in [0, 0.05) is 12.6 Å². The van der Waals surface area contributed by atoms with E-state index in [4.69, 9.17) is 5.11 Å². The van der Waals surface area contributed by atoms with Gasteiger partial charge in [0.05, 0.1) is 5.92 Å². The quantitative estimate of drug-likeness (QED) is 0.765. The highest BCUT2D eigenvalue weighted by Gasteiger charge is 2.42. The molecule has 0 bridgehead atoms. The summed E-state index contributed by atoms with van der Waals surface area (Å²) in [4.78, 5) is 10.9. The van der Waals surface area contributed by atoms with Crippen LogP contribution < -0.4 is 5.32 Å². The van der Waals surface area contributed by atoms with E-state index in [0.717, 1.165) is 38.1 Å². The number of aliphatic carboxylic acids is 1. The zero-order chi connectivity index (χ0) is 13.2. The fourth-order valence-corrected chi connectivity index (χ4v) is 3.40. The summed E-state index contributed by atoms with van der Waals surface area (Å²) < 4.78 is 0. The van der Waals surface area contributed by atoms with Crippen molar-refractivity contribution in [1.29, 1.82) is 0 Å². The van der Waals surface area contributed by atoms with Crippen LogP contribution in [0.25, 0.3) is 0 Å². The summed E-state index contributed by atoms with van der Waals surface area (Å²) in [5.74, 6) is 0.0950. The van der Waals surface area contributed by atoms with Gasteiger partial charge in [-0.25, -0.2) is 0 Å². The van der Waals surface area contributed by atoms with Crippen LogP contribution in [0.3, 0.4) is 0 Å². The van der Waals surface area contributed by atoms with Gasteiger partial charge < -0.3 is 10.4 Å². The summed E-state index contributed by atoms with van der Waals surface area (Å²) in [7, 11) is 0. The molecule has 0 aliphatic heterocycles. The van der Waals surface area contributed by atoms with Gasteiger partial charge in [0.25, 0.3) is 0 Å². The van der Waals surface area contributed by atoms with Gasteiger partial charge in [-0.2, -0.15) is 0 Å². The summed E-state index contributed by atoms with van der Waals surface area (Å²) >= 11 is 0. The smallest absolute Gasteiger partial charge is 0.306 e. The second-order valence-electron chi connectivity index (χ2n) is 6.87. The average molecular weight is 253 g/mol. The van der Waals surface area contributed by atoms with Gasteiger partial charge in [-0.15, -0.1) is 0 Å². The maximum Gasteiger partial charge on any atom is 0.306 e. The summed E-state index contributed by atoms with van der Waals surface area (Å²) in [6.45, 7) is 5.75. The van der Waals surface area contributed by atoms with Crippen LogP contribution in [0.2, 0.25) is 0 Å². The molecule has 3 heteroatoms. The van der Waals surface area contributed by atoms with Gasteiger partial charge in [0.2, 0.25) is 0 Å². The third-order valence-corrected chi connectivity index (χ3v) is 4.64. The van der Waals surface area contributed by atoms with E-state index < -0.39 is 5.97 Å². The van der Waals surface area contributed by atoms with Crippen LogP contribution in [0.15, 0.2) is 0 Å². The van der Waals surface area contributed by atoms with E-state index in [0.29, 0.717) is 11.5 Å². The molecule has 2 saturated carbocycles. The number of carboxylic acids is 1. The number of carboxylic acid groups (broad SMARTS) is 1. The van der Waals surface area contributed by atoms with Gasteiger partial charge >= 0.3 is 5.97 Å². The molecule has 104 valence electrons. The number of hydrogen-bond donors (Lipinski definition) is 2. The van der Waals surface area contributed by atoms with Crippen LogP contribution in [0.4, 0.5) is 0 Å². The molecule has 0 atom stereocenters. The fourth-order valence-electron chi connectivity index (χ4n) is 3.40. The predicted molar refractivity (Wildman–Crippen MR) is 72.5 cm³/mol. The van der Waals surface area contributed by atoms with E-state index in [2.05, 4.69) is 19.2 Å². The van der Waals surface area contributed by atoms with Gasteiger partial charge in [-0.3, -0.25) is 4.79 Å².